The van der Waals surface area contributed by atoms with Gasteiger partial charge in [-0.3, -0.25) is 5.41 Å². The highest BCUT2D eigenvalue weighted by atomic mass is 32.2. The summed E-state index contributed by atoms with van der Waals surface area (Å²) in [5, 5.41) is 7.31. The molecule has 0 spiro atoms. The molecular weight excluding hydrogens is 228 g/mol. The van der Waals surface area contributed by atoms with Crippen LogP contribution in [0.5, 0.6) is 0 Å². The van der Waals surface area contributed by atoms with Crippen LogP contribution >= 0.6 is 11.8 Å². The standard InChI is InChI=1S/C14H14N2S/c15-14(16)12-6-8-13(9-7-12)17-10-11-4-2-1-3-5-11/h1-9H,10H2,(H3,15,16). The summed E-state index contributed by atoms with van der Waals surface area (Å²) in [5.74, 6) is 1.07. The second kappa shape index (κ2) is 5.55. The molecule has 0 saturated carbocycles. The first-order valence-corrected chi connectivity index (χ1v) is 6.35. The highest BCUT2D eigenvalue weighted by molar-refractivity contribution is 7.98. The summed E-state index contributed by atoms with van der Waals surface area (Å²) >= 11 is 1.78. The summed E-state index contributed by atoms with van der Waals surface area (Å²) in [6, 6.07) is 18.1. The quantitative estimate of drug-likeness (QED) is 0.491. The first kappa shape index (κ1) is 11.7. The molecule has 0 atom stereocenters. The van der Waals surface area contributed by atoms with Crippen LogP contribution in [0.2, 0.25) is 0 Å². The molecule has 86 valence electrons. The molecule has 17 heavy (non-hydrogen) atoms. The van der Waals surface area contributed by atoms with E-state index in [1.54, 1.807) is 11.8 Å². The summed E-state index contributed by atoms with van der Waals surface area (Å²) in [6.07, 6.45) is 0. The van der Waals surface area contributed by atoms with Crippen LogP contribution in [0.4, 0.5) is 0 Å². The van der Waals surface area contributed by atoms with Gasteiger partial charge in [-0.1, -0.05) is 42.5 Å². The van der Waals surface area contributed by atoms with Gasteiger partial charge in [0.15, 0.2) is 0 Å². The number of hydrogen-bond donors (Lipinski definition) is 2. The minimum atomic E-state index is 0.115. The third-order valence-corrected chi connectivity index (χ3v) is 3.50. The summed E-state index contributed by atoms with van der Waals surface area (Å²) in [4.78, 5) is 1.19. The lowest BCUT2D eigenvalue weighted by atomic mass is 10.2. The van der Waals surface area contributed by atoms with Crippen LogP contribution in [0.3, 0.4) is 0 Å². The van der Waals surface area contributed by atoms with Gasteiger partial charge in [-0.05, 0) is 17.7 Å². The van der Waals surface area contributed by atoms with Gasteiger partial charge in [0, 0.05) is 16.2 Å². The van der Waals surface area contributed by atoms with Crippen molar-refractivity contribution in [3.8, 4) is 0 Å². The minimum absolute atomic E-state index is 0.115. The van der Waals surface area contributed by atoms with Crippen molar-refractivity contribution in [2.24, 2.45) is 5.73 Å². The molecule has 3 heteroatoms. The van der Waals surface area contributed by atoms with E-state index in [0.29, 0.717) is 0 Å². The van der Waals surface area contributed by atoms with Crippen LogP contribution in [-0.2, 0) is 5.75 Å². The Hall–Kier alpha value is -1.74. The van der Waals surface area contributed by atoms with E-state index in [9.17, 15) is 0 Å². The zero-order valence-electron chi connectivity index (χ0n) is 9.39. The van der Waals surface area contributed by atoms with Crippen molar-refractivity contribution in [2.45, 2.75) is 10.6 Å². The predicted molar refractivity (Wildman–Crippen MR) is 73.5 cm³/mol. The predicted octanol–water partition coefficient (Wildman–Crippen LogP) is 3.26. The smallest absolute Gasteiger partial charge is 0.122 e. The number of thioether (sulfide) groups is 1. The van der Waals surface area contributed by atoms with Gasteiger partial charge in [0.25, 0.3) is 0 Å². The van der Waals surface area contributed by atoms with Crippen molar-refractivity contribution in [1.82, 2.24) is 0 Å². The molecule has 0 amide bonds. The molecule has 2 rings (SSSR count). The van der Waals surface area contributed by atoms with Crippen molar-refractivity contribution in [2.75, 3.05) is 0 Å². The van der Waals surface area contributed by atoms with Crippen LogP contribution in [0.25, 0.3) is 0 Å². The van der Waals surface area contributed by atoms with Gasteiger partial charge in [0.05, 0.1) is 0 Å². The largest absolute Gasteiger partial charge is 0.384 e. The first-order chi connectivity index (χ1) is 8.25. The molecule has 0 fully saturated rings. The van der Waals surface area contributed by atoms with Crippen LogP contribution in [0.15, 0.2) is 59.5 Å². The Morgan fingerprint density at radius 3 is 2.24 bits per heavy atom. The Balaban J connectivity index is 1.98. The summed E-state index contributed by atoms with van der Waals surface area (Å²) < 4.78 is 0. The second-order valence-corrected chi connectivity index (χ2v) is 4.76. The Morgan fingerprint density at radius 1 is 1.00 bits per heavy atom. The van der Waals surface area contributed by atoms with E-state index in [1.165, 1.54) is 10.5 Å². The zero-order valence-corrected chi connectivity index (χ0v) is 10.2. The molecule has 0 aliphatic rings. The van der Waals surface area contributed by atoms with E-state index in [0.717, 1.165) is 11.3 Å². The number of benzene rings is 2. The van der Waals surface area contributed by atoms with Crippen molar-refractivity contribution in [3.05, 3.63) is 65.7 Å². The molecule has 0 bridgehead atoms. The summed E-state index contributed by atoms with van der Waals surface area (Å²) in [5.41, 5.74) is 7.49. The lowest BCUT2D eigenvalue weighted by molar-refractivity contribution is 1.36. The molecular formula is C14H14N2S. The zero-order chi connectivity index (χ0) is 12.1. The lowest BCUT2D eigenvalue weighted by Gasteiger charge is -2.03. The van der Waals surface area contributed by atoms with E-state index in [1.807, 2.05) is 30.3 Å². The van der Waals surface area contributed by atoms with E-state index in [4.69, 9.17) is 11.1 Å². The number of nitrogens with one attached hydrogen (secondary N) is 1. The molecule has 2 aromatic carbocycles. The highest BCUT2D eigenvalue weighted by Crippen LogP contribution is 2.22. The Labute approximate surface area is 105 Å². The maximum Gasteiger partial charge on any atom is 0.122 e. The Kier molecular flexibility index (Phi) is 3.83. The van der Waals surface area contributed by atoms with E-state index in [-0.39, 0.29) is 5.84 Å². The molecule has 2 nitrogen and oxygen atoms in total. The van der Waals surface area contributed by atoms with Gasteiger partial charge in [0.2, 0.25) is 0 Å². The number of rotatable bonds is 4. The number of nitrogens with two attached hydrogens (primary N) is 1. The normalized spacial score (nSPS) is 10.1. The van der Waals surface area contributed by atoms with Gasteiger partial charge < -0.3 is 5.73 Å². The van der Waals surface area contributed by atoms with E-state index < -0.39 is 0 Å². The SMILES string of the molecule is N=C(N)c1ccc(SCc2ccccc2)cc1. The Bertz CT molecular complexity index is 491. The fourth-order valence-corrected chi connectivity index (χ4v) is 2.33. The molecule has 0 heterocycles. The summed E-state index contributed by atoms with van der Waals surface area (Å²) in [7, 11) is 0. The van der Waals surface area contributed by atoms with Crippen LogP contribution in [0.1, 0.15) is 11.1 Å². The number of hydrogen-bond acceptors (Lipinski definition) is 2. The third-order valence-electron chi connectivity index (χ3n) is 2.41. The van der Waals surface area contributed by atoms with E-state index >= 15 is 0 Å². The van der Waals surface area contributed by atoms with Crippen molar-refractivity contribution >= 4 is 17.6 Å². The molecule has 0 saturated heterocycles. The van der Waals surface area contributed by atoms with Crippen molar-refractivity contribution in [1.29, 1.82) is 5.41 Å². The van der Waals surface area contributed by atoms with Gasteiger partial charge in [-0.2, -0.15) is 0 Å². The average Bonchev–Trinajstić information content (AvgIpc) is 2.38. The number of amidine groups is 1. The van der Waals surface area contributed by atoms with Crippen molar-refractivity contribution < 1.29 is 0 Å². The van der Waals surface area contributed by atoms with Gasteiger partial charge in [0.1, 0.15) is 5.84 Å². The minimum Gasteiger partial charge on any atom is -0.384 e. The van der Waals surface area contributed by atoms with Gasteiger partial charge in [-0.15, -0.1) is 11.8 Å². The molecule has 2 aromatic rings. The van der Waals surface area contributed by atoms with Crippen LogP contribution in [-0.4, -0.2) is 5.84 Å². The fraction of sp³-hybridized carbons (Fsp3) is 0.0714. The Morgan fingerprint density at radius 2 is 1.65 bits per heavy atom. The molecule has 0 aliphatic heterocycles. The maximum absolute atomic E-state index is 7.31. The maximum atomic E-state index is 7.31. The molecule has 0 aromatic heterocycles. The molecule has 0 unspecified atom stereocenters. The fourth-order valence-electron chi connectivity index (χ4n) is 1.47. The monoisotopic (exact) mass is 242 g/mol. The van der Waals surface area contributed by atoms with Crippen LogP contribution in [0, 0.1) is 5.41 Å². The lowest BCUT2D eigenvalue weighted by Crippen LogP contribution is -2.10. The second-order valence-electron chi connectivity index (χ2n) is 3.71. The topological polar surface area (TPSA) is 49.9 Å². The highest BCUT2D eigenvalue weighted by Gasteiger charge is 1.98. The third kappa shape index (κ3) is 3.36. The molecule has 3 N–H and O–H groups in total. The molecule has 0 radical (unpaired) electrons. The van der Waals surface area contributed by atoms with Gasteiger partial charge >= 0.3 is 0 Å². The summed E-state index contributed by atoms with van der Waals surface area (Å²) in [6.45, 7) is 0. The van der Waals surface area contributed by atoms with Crippen LogP contribution < -0.4 is 5.73 Å². The first-order valence-electron chi connectivity index (χ1n) is 5.37. The van der Waals surface area contributed by atoms with Crippen molar-refractivity contribution in [3.63, 3.8) is 0 Å². The number of nitrogen functional groups attached to an aromatic ring is 1. The van der Waals surface area contributed by atoms with Gasteiger partial charge in [-0.25, -0.2) is 0 Å². The average molecular weight is 242 g/mol. The molecule has 0 aliphatic carbocycles. The van der Waals surface area contributed by atoms with E-state index in [2.05, 4.69) is 24.3 Å².